The fraction of sp³-hybridized carbons (Fsp3) is 0.417. The summed E-state index contributed by atoms with van der Waals surface area (Å²) in [6.45, 7) is 5.20. The molecule has 0 aromatic heterocycles. The molecule has 1 atom stereocenters. The molecule has 0 fully saturated rings. The predicted octanol–water partition coefficient (Wildman–Crippen LogP) is 2.66. The van der Waals surface area contributed by atoms with Gasteiger partial charge in [-0.3, -0.25) is 0 Å². The van der Waals surface area contributed by atoms with Crippen LogP contribution in [-0.2, 0) is 0 Å². The Morgan fingerprint density at radius 3 is 2.60 bits per heavy atom. The van der Waals surface area contributed by atoms with Gasteiger partial charge in [0, 0.05) is 12.2 Å². The summed E-state index contributed by atoms with van der Waals surface area (Å²) in [5, 5.41) is 11.8. The van der Waals surface area contributed by atoms with Gasteiger partial charge in [0.15, 0.2) is 0 Å². The molecule has 3 heteroatoms. The van der Waals surface area contributed by atoms with E-state index in [9.17, 15) is 0 Å². The number of ether oxygens (including phenoxy) is 1. The quantitative estimate of drug-likeness (QED) is 0.802. The molecule has 0 radical (unpaired) electrons. The summed E-state index contributed by atoms with van der Waals surface area (Å²) >= 11 is 0. The lowest BCUT2D eigenvalue weighted by Crippen LogP contribution is -2.09. The maximum atomic E-state index is 8.62. The molecule has 0 saturated carbocycles. The molecule has 0 aliphatic carbocycles. The third kappa shape index (κ3) is 3.90. The van der Waals surface area contributed by atoms with Crippen molar-refractivity contribution in [2.75, 3.05) is 18.5 Å². The van der Waals surface area contributed by atoms with Crippen molar-refractivity contribution in [1.29, 1.82) is 5.26 Å². The fourth-order valence-electron chi connectivity index (χ4n) is 1.15. The van der Waals surface area contributed by atoms with Crippen LogP contribution < -0.4 is 10.1 Å². The zero-order valence-electron chi connectivity index (χ0n) is 9.16. The van der Waals surface area contributed by atoms with Crippen LogP contribution in [0.5, 0.6) is 5.75 Å². The molecule has 1 rings (SSSR count). The van der Waals surface area contributed by atoms with Gasteiger partial charge in [0.2, 0.25) is 0 Å². The Morgan fingerprint density at radius 2 is 2.07 bits per heavy atom. The second-order valence-electron chi connectivity index (χ2n) is 3.37. The van der Waals surface area contributed by atoms with Crippen LogP contribution in [0.3, 0.4) is 0 Å². The summed E-state index contributed by atoms with van der Waals surface area (Å²) in [6.07, 6.45) is 0. The highest BCUT2D eigenvalue weighted by atomic mass is 16.5. The van der Waals surface area contributed by atoms with Crippen molar-refractivity contribution in [3.05, 3.63) is 24.3 Å². The SMILES string of the molecule is CCOc1ccc(NCC(C)C#N)cc1. The monoisotopic (exact) mass is 204 g/mol. The standard InChI is InChI=1S/C12H16N2O/c1-3-15-12-6-4-11(5-7-12)14-9-10(2)8-13/h4-7,10,14H,3,9H2,1-2H3. The number of nitrogens with zero attached hydrogens (tertiary/aromatic N) is 1. The van der Waals surface area contributed by atoms with Crippen molar-refractivity contribution in [2.24, 2.45) is 5.92 Å². The van der Waals surface area contributed by atoms with Crippen molar-refractivity contribution < 1.29 is 4.74 Å². The molecule has 0 saturated heterocycles. The van der Waals surface area contributed by atoms with E-state index in [2.05, 4.69) is 11.4 Å². The number of hydrogen-bond acceptors (Lipinski definition) is 3. The molecule has 0 bridgehead atoms. The van der Waals surface area contributed by atoms with Gasteiger partial charge in [0.05, 0.1) is 18.6 Å². The minimum atomic E-state index is 0.0246. The summed E-state index contributed by atoms with van der Waals surface area (Å²) in [5.74, 6) is 0.896. The van der Waals surface area contributed by atoms with Crippen molar-refractivity contribution in [3.8, 4) is 11.8 Å². The molecule has 80 valence electrons. The minimum Gasteiger partial charge on any atom is -0.494 e. The molecule has 15 heavy (non-hydrogen) atoms. The summed E-state index contributed by atoms with van der Waals surface area (Å²) in [5.41, 5.74) is 1.01. The minimum absolute atomic E-state index is 0.0246. The van der Waals surface area contributed by atoms with Crippen LogP contribution in [0.4, 0.5) is 5.69 Å². The Hall–Kier alpha value is -1.69. The Labute approximate surface area is 90.7 Å². The van der Waals surface area contributed by atoms with Gasteiger partial charge in [-0.15, -0.1) is 0 Å². The highest BCUT2D eigenvalue weighted by Gasteiger charge is 1.99. The van der Waals surface area contributed by atoms with Crippen molar-refractivity contribution in [2.45, 2.75) is 13.8 Å². The topological polar surface area (TPSA) is 45.0 Å². The molecule has 3 nitrogen and oxygen atoms in total. The van der Waals surface area contributed by atoms with E-state index in [4.69, 9.17) is 10.00 Å². The van der Waals surface area contributed by atoms with Crippen molar-refractivity contribution >= 4 is 5.69 Å². The highest BCUT2D eigenvalue weighted by molar-refractivity contribution is 5.46. The van der Waals surface area contributed by atoms with Crippen LogP contribution in [0.25, 0.3) is 0 Å². The Bertz CT molecular complexity index is 326. The number of benzene rings is 1. The maximum Gasteiger partial charge on any atom is 0.119 e. The lowest BCUT2D eigenvalue weighted by Gasteiger charge is -2.08. The van der Waals surface area contributed by atoms with E-state index in [1.807, 2.05) is 38.1 Å². The number of rotatable bonds is 5. The first-order valence-electron chi connectivity index (χ1n) is 5.12. The van der Waals surface area contributed by atoms with Gasteiger partial charge >= 0.3 is 0 Å². The first-order chi connectivity index (χ1) is 7.26. The molecule has 0 aliphatic rings. The third-order valence-corrected chi connectivity index (χ3v) is 2.00. The van der Waals surface area contributed by atoms with E-state index in [0.717, 1.165) is 11.4 Å². The van der Waals surface area contributed by atoms with E-state index in [1.165, 1.54) is 0 Å². The highest BCUT2D eigenvalue weighted by Crippen LogP contribution is 2.15. The number of anilines is 1. The second-order valence-corrected chi connectivity index (χ2v) is 3.37. The third-order valence-electron chi connectivity index (χ3n) is 2.00. The van der Waals surface area contributed by atoms with E-state index >= 15 is 0 Å². The number of nitrogens with one attached hydrogen (secondary N) is 1. The van der Waals surface area contributed by atoms with E-state index < -0.39 is 0 Å². The first kappa shape index (κ1) is 11.4. The van der Waals surface area contributed by atoms with Crippen molar-refractivity contribution in [1.82, 2.24) is 0 Å². The summed E-state index contributed by atoms with van der Waals surface area (Å²) in [4.78, 5) is 0. The molecule has 1 aromatic carbocycles. The molecule has 1 aromatic rings. The lowest BCUT2D eigenvalue weighted by molar-refractivity contribution is 0.340. The number of hydrogen-bond donors (Lipinski definition) is 1. The maximum absolute atomic E-state index is 8.62. The van der Waals surface area contributed by atoms with Gasteiger partial charge in [-0.05, 0) is 38.1 Å². The van der Waals surface area contributed by atoms with Gasteiger partial charge in [-0.25, -0.2) is 0 Å². The summed E-state index contributed by atoms with van der Waals surface area (Å²) < 4.78 is 5.33. The van der Waals surface area contributed by atoms with Gasteiger partial charge in [-0.1, -0.05) is 0 Å². The number of nitriles is 1. The molecule has 0 aliphatic heterocycles. The van der Waals surface area contributed by atoms with Crippen LogP contribution in [0.1, 0.15) is 13.8 Å². The van der Waals surface area contributed by atoms with Gasteiger partial charge < -0.3 is 10.1 Å². The molecular weight excluding hydrogens is 188 g/mol. The van der Waals surface area contributed by atoms with Crippen LogP contribution in [0.15, 0.2) is 24.3 Å². The van der Waals surface area contributed by atoms with Crippen LogP contribution in [0.2, 0.25) is 0 Å². The average Bonchev–Trinajstić information content (AvgIpc) is 2.28. The Morgan fingerprint density at radius 1 is 1.40 bits per heavy atom. The largest absolute Gasteiger partial charge is 0.494 e. The molecule has 1 unspecified atom stereocenters. The zero-order valence-corrected chi connectivity index (χ0v) is 9.16. The average molecular weight is 204 g/mol. The van der Waals surface area contributed by atoms with Crippen LogP contribution >= 0.6 is 0 Å². The summed E-state index contributed by atoms with van der Waals surface area (Å²) in [6, 6.07) is 9.93. The van der Waals surface area contributed by atoms with E-state index in [0.29, 0.717) is 13.2 Å². The molecule has 0 heterocycles. The zero-order chi connectivity index (χ0) is 11.1. The molecule has 1 N–H and O–H groups in total. The smallest absolute Gasteiger partial charge is 0.119 e. The van der Waals surface area contributed by atoms with Crippen molar-refractivity contribution in [3.63, 3.8) is 0 Å². The van der Waals surface area contributed by atoms with Crippen LogP contribution in [-0.4, -0.2) is 13.2 Å². The van der Waals surface area contributed by atoms with E-state index in [-0.39, 0.29) is 5.92 Å². The van der Waals surface area contributed by atoms with Gasteiger partial charge in [0.1, 0.15) is 5.75 Å². The molecule has 0 amide bonds. The molecular formula is C12H16N2O. The Balaban J connectivity index is 2.46. The van der Waals surface area contributed by atoms with Gasteiger partial charge in [-0.2, -0.15) is 5.26 Å². The lowest BCUT2D eigenvalue weighted by atomic mass is 10.2. The van der Waals surface area contributed by atoms with E-state index in [1.54, 1.807) is 0 Å². The summed E-state index contributed by atoms with van der Waals surface area (Å²) in [7, 11) is 0. The predicted molar refractivity (Wildman–Crippen MR) is 60.9 cm³/mol. The Kier molecular flexibility index (Phi) is 4.49. The normalized spacial score (nSPS) is 11.5. The second kappa shape index (κ2) is 5.92. The first-order valence-corrected chi connectivity index (χ1v) is 5.12. The van der Waals surface area contributed by atoms with Gasteiger partial charge in [0.25, 0.3) is 0 Å². The van der Waals surface area contributed by atoms with Crippen LogP contribution in [0, 0.1) is 17.2 Å². The fourth-order valence-corrected chi connectivity index (χ4v) is 1.15. The molecule has 0 spiro atoms.